The molecule has 96 valence electrons. The van der Waals surface area contributed by atoms with Crippen molar-refractivity contribution in [2.45, 2.75) is 25.7 Å². The maximum absolute atomic E-state index is 3.60. The second-order valence-electron chi connectivity index (χ2n) is 5.91. The predicted molar refractivity (Wildman–Crippen MR) is 77.3 cm³/mol. The molecule has 3 atom stereocenters. The second-order valence-corrected chi connectivity index (χ2v) is 5.91. The van der Waals surface area contributed by atoms with Crippen LogP contribution in [0.4, 0.5) is 0 Å². The molecule has 1 nitrogen and oxygen atoms in total. The summed E-state index contributed by atoms with van der Waals surface area (Å²) >= 11 is 0. The Labute approximate surface area is 110 Å². The Hall–Kier alpha value is -1.08. The molecule has 0 amide bonds. The Kier molecular flexibility index (Phi) is 3.80. The zero-order chi connectivity index (χ0) is 12.2. The van der Waals surface area contributed by atoms with Gasteiger partial charge < -0.3 is 5.32 Å². The van der Waals surface area contributed by atoms with Crippen LogP contribution >= 0.6 is 0 Å². The highest BCUT2D eigenvalue weighted by molar-refractivity contribution is 5.48. The molecule has 2 fully saturated rings. The van der Waals surface area contributed by atoms with E-state index in [1.54, 1.807) is 0 Å². The third-order valence-electron chi connectivity index (χ3n) is 4.66. The molecule has 2 saturated carbocycles. The summed E-state index contributed by atoms with van der Waals surface area (Å²) in [6.07, 6.45) is 10.5. The number of benzene rings is 1. The lowest BCUT2D eigenvalue weighted by atomic mass is 9.89. The Balaban J connectivity index is 1.37. The minimum Gasteiger partial charge on any atom is -0.313 e. The lowest BCUT2D eigenvalue weighted by Crippen LogP contribution is -2.26. The van der Waals surface area contributed by atoms with Gasteiger partial charge in [0.05, 0.1) is 0 Å². The fourth-order valence-corrected chi connectivity index (χ4v) is 3.74. The van der Waals surface area contributed by atoms with E-state index in [4.69, 9.17) is 0 Å². The van der Waals surface area contributed by atoms with Gasteiger partial charge in [-0.05, 0) is 49.1 Å². The molecule has 0 aromatic heterocycles. The SMILES string of the molecule is C(=C\c1ccccc1)/CNCC1CC2CCC1C2. The van der Waals surface area contributed by atoms with Crippen LogP contribution in [-0.2, 0) is 0 Å². The Morgan fingerprint density at radius 2 is 2.00 bits per heavy atom. The molecule has 0 radical (unpaired) electrons. The fourth-order valence-electron chi connectivity index (χ4n) is 3.74. The summed E-state index contributed by atoms with van der Waals surface area (Å²) in [7, 11) is 0. The third-order valence-corrected chi connectivity index (χ3v) is 4.66. The van der Waals surface area contributed by atoms with Crippen LogP contribution in [0.1, 0.15) is 31.2 Å². The lowest BCUT2D eigenvalue weighted by Gasteiger charge is -2.21. The highest BCUT2D eigenvalue weighted by atomic mass is 14.9. The molecule has 0 heterocycles. The maximum atomic E-state index is 3.60. The maximum Gasteiger partial charge on any atom is 0.0138 e. The largest absolute Gasteiger partial charge is 0.313 e. The summed E-state index contributed by atoms with van der Waals surface area (Å²) in [4.78, 5) is 0. The lowest BCUT2D eigenvalue weighted by molar-refractivity contribution is 0.323. The molecule has 0 spiro atoms. The van der Waals surface area contributed by atoms with Crippen molar-refractivity contribution < 1.29 is 0 Å². The first-order chi connectivity index (χ1) is 8.92. The van der Waals surface area contributed by atoms with Crippen molar-refractivity contribution in [1.82, 2.24) is 5.32 Å². The summed E-state index contributed by atoms with van der Waals surface area (Å²) in [5.74, 6) is 3.08. The minimum absolute atomic E-state index is 0.967. The summed E-state index contributed by atoms with van der Waals surface area (Å²) < 4.78 is 0. The zero-order valence-electron chi connectivity index (χ0n) is 11.0. The van der Waals surface area contributed by atoms with Crippen molar-refractivity contribution in [3.8, 4) is 0 Å². The van der Waals surface area contributed by atoms with Gasteiger partial charge in [-0.3, -0.25) is 0 Å². The van der Waals surface area contributed by atoms with E-state index in [0.717, 1.165) is 24.3 Å². The fraction of sp³-hybridized carbons (Fsp3) is 0.529. The topological polar surface area (TPSA) is 12.0 Å². The Morgan fingerprint density at radius 1 is 1.11 bits per heavy atom. The number of rotatable bonds is 5. The molecule has 2 aliphatic carbocycles. The molecule has 3 rings (SSSR count). The van der Waals surface area contributed by atoms with Crippen molar-refractivity contribution in [1.29, 1.82) is 0 Å². The van der Waals surface area contributed by atoms with E-state index in [-0.39, 0.29) is 0 Å². The quantitative estimate of drug-likeness (QED) is 0.775. The second kappa shape index (κ2) is 5.71. The summed E-state index contributed by atoms with van der Waals surface area (Å²) in [5, 5.41) is 3.60. The third kappa shape index (κ3) is 2.84. The number of hydrogen-bond donors (Lipinski definition) is 1. The standard InChI is InChI=1S/C17H23N/c1-2-5-14(6-3-1)7-4-10-18-13-17-12-15-8-9-16(17)11-15/h1-7,15-18H,8-13H2/b7-4+. The van der Waals surface area contributed by atoms with Gasteiger partial charge in [0.1, 0.15) is 0 Å². The first kappa shape index (κ1) is 12.0. The van der Waals surface area contributed by atoms with Gasteiger partial charge in [0.15, 0.2) is 0 Å². The number of hydrogen-bond acceptors (Lipinski definition) is 1. The van der Waals surface area contributed by atoms with Crippen LogP contribution in [0.15, 0.2) is 36.4 Å². The molecule has 0 aliphatic heterocycles. The van der Waals surface area contributed by atoms with E-state index in [1.165, 1.54) is 37.8 Å². The summed E-state index contributed by atoms with van der Waals surface area (Å²) in [6.45, 7) is 2.23. The predicted octanol–water partition coefficient (Wildman–Crippen LogP) is 3.73. The Morgan fingerprint density at radius 3 is 2.72 bits per heavy atom. The molecule has 2 bridgehead atoms. The van der Waals surface area contributed by atoms with Gasteiger partial charge >= 0.3 is 0 Å². The van der Waals surface area contributed by atoms with Crippen LogP contribution in [-0.4, -0.2) is 13.1 Å². The summed E-state index contributed by atoms with van der Waals surface area (Å²) in [6, 6.07) is 10.5. The van der Waals surface area contributed by atoms with Crippen LogP contribution in [0.2, 0.25) is 0 Å². The highest BCUT2D eigenvalue weighted by Gasteiger charge is 2.38. The molecule has 18 heavy (non-hydrogen) atoms. The van der Waals surface area contributed by atoms with E-state index < -0.39 is 0 Å². The molecule has 3 unspecified atom stereocenters. The smallest absolute Gasteiger partial charge is 0.0138 e. The monoisotopic (exact) mass is 241 g/mol. The van der Waals surface area contributed by atoms with Crippen molar-refractivity contribution in [2.24, 2.45) is 17.8 Å². The molecular weight excluding hydrogens is 218 g/mol. The van der Waals surface area contributed by atoms with E-state index >= 15 is 0 Å². The van der Waals surface area contributed by atoms with E-state index in [9.17, 15) is 0 Å². The van der Waals surface area contributed by atoms with Crippen LogP contribution in [0.3, 0.4) is 0 Å². The van der Waals surface area contributed by atoms with Gasteiger partial charge in [-0.15, -0.1) is 0 Å². The minimum atomic E-state index is 0.967. The van der Waals surface area contributed by atoms with E-state index in [1.807, 2.05) is 0 Å². The molecule has 1 heteroatoms. The normalized spacial score (nSPS) is 30.3. The molecule has 1 N–H and O–H groups in total. The van der Waals surface area contributed by atoms with Gasteiger partial charge in [-0.2, -0.15) is 0 Å². The zero-order valence-corrected chi connectivity index (χ0v) is 11.0. The first-order valence-electron chi connectivity index (χ1n) is 7.34. The van der Waals surface area contributed by atoms with Crippen LogP contribution in [0.5, 0.6) is 0 Å². The van der Waals surface area contributed by atoms with Gasteiger partial charge in [0.25, 0.3) is 0 Å². The molecule has 2 aliphatic rings. The summed E-state index contributed by atoms with van der Waals surface area (Å²) in [5.41, 5.74) is 1.29. The van der Waals surface area contributed by atoms with Crippen molar-refractivity contribution in [2.75, 3.05) is 13.1 Å². The van der Waals surface area contributed by atoms with Gasteiger partial charge in [-0.1, -0.05) is 48.9 Å². The van der Waals surface area contributed by atoms with Gasteiger partial charge in [0, 0.05) is 6.54 Å². The average Bonchev–Trinajstić information content (AvgIpc) is 3.02. The van der Waals surface area contributed by atoms with Crippen molar-refractivity contribution in [3.63, 3.8) is 0 Å². The first-order valence-corrected chi connectivity index (χ1v) is 7.34. The van der Waals surface area contributed by atoms with E-state index in [2.05, 4.69) is 47.8 Å². The van der Waals surface area contributed by atoms with Gasteiger partial charge in [-0.25, -0.2) is 0 Å². The van der Waals surface area contributed by atoms with Crippen LogP contribution in [0, 0.1) is 17.8 Å². The average molecular weight is 241 g/mol. The molecule has 1 aromatic carbocycles. The Bertz CT molecular complexity index is 395. The van der Waals surface area contributed by atoms with Crippen molar-refractivity contribution in [3.05, 3.63) is 42.0 Å². The molecule has 1 aromatic rings. The molecular formula is C17H23N. The van der Waals surface area contributed by atoms with Crippen molar-refractivity contribution >= 4 is 6.08 Å². The highest BCUT2D eigenvalue weighted by Crippen LogP contribution is 2.47. The van der Waals surface area contributed by atoms with Gasteiger partial charge in [0.2, 0.25) is 0 Å². The van der Waals surface area contributed by atoms with E-state index in [0.29, 0.717) is 0 Å². The van der Waals surface area contributed by atoms with Crippen LogP contribution in [0.25, 0.3) is 6.08 Å². The molecule has 0 saturated heterocycles. The number of nitrogens with one attached hydrogen (secondary N) is 1. The van der Waals surface area contributed by atoms with Crippen LogP contribution < -0.4 is 5.32 Å². The number of fused-ring (bicyclic) bond motifs is 2.